The van der Waals surface area contributed by atoms with Crippen LogP contribution in [0.3, 0.4) is 0 Å². The van der Waals surface area contributed by atoms with Gasteiger partial charge >= 0.3 is 0 Å². The van der Waals surface area contributed by atoms with Crippen LogP contribution in [0.5, 0.6) is 0 Å². The van der Waals surface area contributed by atoms with E-state index >= 15 is 0 Å². The van der Waals surface area contributed by atoms with Crippen molar-refractivity contribution >= 4 is 28.9 Å². The van der Waals surface area contributed by atoms with Gasteiger partial charge in [-0.15, -0.1) is 0 Å². The number of nitrogens with zero attached hydrogens (tertiary/aromatic N) is 2. The maximum Gasteiger partial charge on any atom is 0.141 e. The van der Waals surface area contributed by atoms with Gasteiger partial charge in [0, 0.05) is 11.8 Å². The van der Waals surface area contributed by atoms with E-state index in [1.807, 2.05) is 0 Å². The van der Waals surface area contributed by atoms with Crippen molar-refractivity contribution in [2.24, 2.45) is 0 Å². The summed E-state index contributed by atoms with van der Waals surface area (Å²) in [6, 6.07) is 5.86. The van der Waals surface area contributed by atoms with Crippen molar-refractivity contribution < 1.29 is 4.39 Å². The Bertz CT molecular complexity index is 518. The summed E-state index contributed by atoms with van der Waals surface area (Å²) in [6.07, 6.45) is 1.34. The van der Waals surface area contributed by atoms with Crippen LogP contribution in [0.2, 0.25) is 5.02 Å². The quantitative estimate of drug-likeness (QED) is 0.844. The first-order valence-electron chi connectivity index (χ1n) is 4.45. The molecule has 1 aromatic carbocycles. The Balaban J connectivity index is 2.24. The molecule has 0 unspecified atom stereocenters. The van der Waals surface area contributed by atoms with E-state index in [1.165, 1.54) is 18.5 Å². The zero-order valence-corrected chi connectivity index (χ0v) is 8.87. The van der Waals surface area contributed by atoms with Crippen LogP contribution in [-0.2, 0) is 0 Å². The number of anilines is 3. The van der Waals surface area contributed by atoms with E-state index < -0.39 is 5.82 Å². The second kappa shape index (κ2) is 4.32. The van der Waals surface area contributed by atoms with Crippen LogP contribution in [-0.4, -0.2) is 9.97 Å². The van der Waals surface area contributed by atoms with Crippen molar-refractivity contribution in [3.63, 3.8) is 0 Å². The number of nitrogens with one attached hydrogen (secondary N) is 1. The van der Waals surface area contributed by atoms with Crippen LogP contribution in [0.25, 0.3) is 0 Å². The first-order valence-corrected chi connectivity index (χ1v) is 4.82. The number of benzene rings is 1. The van der Waals surface area contributed by atoms with Crippen molar-refractivity contribution in [1.29, 1.82) is 0 Å². The summed E-state index contributed by atoms with van der Waals surface area (Å²) in [6.45, 7) is 0. The van der Waals surface area contributed by atoms with Gasteiger partial charge < -0.3 is 11.1 Å². The van der Waals surface area contributed by atoms with E-state index in [-0.39, 0.29) is 5.02 Å². The molecular formula is C10H8ClFN4. The topological polar surface area (TPSA) is 63.8 Å². The zero-order valence-electron chi connectivity index (χ0n) is 8.11. The standard InChI is InChI=1S/C10H8ClFN4/c11-7-3-6(1-2-8(7)12)16-10-4-9(13)14-5-15-10/h1-5H,(H3,13,14,15,16). The minimum Gasteiger partial charge on any atom is -0.384 e. The third-order valence-corrected chi connectivity index (χ3v) is 2.17. The maximum atomic E-state index is 12.9. The molecule has 0 saturated heterocycles. The molecule has 0 atom stereocenters. The number of hydrogen-bond donors (Lipinski definition) is 2. The highest BCUT2D eigenvalue weighted by Crippen LogP contribution is 2.21. The second-order valence-corrected chi connectivity index (χ2v) is 3.49. The maximum absolute atomic E-state index is 12.9. The average Bonchev–Trinajstić information content (AvgIpc) is 2.24. The summed E-state index contributed by atoms with van der Waals surface area (Å²) >= 11 is 5.64. The predicted octanol–water partition coefficient (Wildman–Crippen LogP) is 2.59. The summed E-state index contributed by atoms with van der Waals surface area (Å²) in [7, 11) is 0. The molecule has 6 heteroatoms. The fraction of sp³-hybridized carbons (Fsp3) is 0. The van der Waals surface area contributed by atoms with Crippen LogP contribution in [0.1, 0.15) is 0 Å². The highest BCUT2D eigenvalue weighted by molar-refractivity contribution is 6.31. The molecule has 0 amide bonds. The van der Waals surface area contributed by atoms with Crippen molar-refractivity contribution in [2.75, 3.05) is 11.1 Å². The molecule has 4 nitrogen and oxygen atoms in total. The summed E-state index contributed by atoms with van der Waals surface area (Å²) in [5.74, 6) is 0.412. The van der Waals surface area contributed by atoms with Crippen LogP contribution in [0.15, 0.2) is 30.6 Å². The lowest BCUT2D eigenvalue weighted by molar-refractivity contribution is 0.628. The van der Waals surface area contributed by atoms with E-state index in [0.29, 0.717) is 17.3 Å². The van der Waals surface area contributed by atoms with Gasteiger partial charge in [0.15, 0.2) is 0 Å². The van der Waals surface area contributed by atoms with Crippen LogP contribution in [0, 0.1) is 5.82 Å². The Morgan fingerprint density at radius 2 is 2.06 bits per heavy atom. The van der Waals surface area contributed by atoms with E-state index in [2.05, 4.69) is 15.3 Å². The van der Waals surface area contributed by atoms with Crippen LogP contribution < -0.4 is 11.1 Å². The smallest absolute Gasteiger partial charge is 0.141 e. The van der Waals surface area contributed by atoms with Crippen molar-refractivity contribution in [3.05, 3.63) is 41.4 Å². The molecule has 0 aliphatic heterocycles. The van der Waals surface area contributed by atoms with Gasteiger partial charge in [0.2, 0.25) is 0 Å². The third-order valence-electron chi connectivity index (χ3n) is 1.88. The lowest BCUT2D eigenvalue weighted by Gasteiger charge is -2.06. The molecule has 82 valence electrons. The van der Waals surface area contributed by atoms with Gasteiger partial charge in [-0.25, -0.2) is 14.4 Å². The van der Waals surface area contributed by atoms with Crippen LogP contribution >= 0.6 is 11.6 Å². The number of nitrogens with two attached hydrogens (primary N) is 1. The Morgan fingerprint density at radius 1 is 1.25 bits per heavy atom. The summed E-state index contributed by atoms with van der Waals surface area (Å²) in [5, 5.41) is 2.98. The van der Waals surface area contributed by atoms with E-state index in [1.54, 1.807) is 12.1 Å². The van der Waals surface area contributed by atoms with Crippen molar-refractivity contribution in [1.82, 2.24) is 9.97 Å². The van der Waals surface area contributed by atoms with Crippen molar-refractivity contribution in [2.45, 2.75) is 0 Å². The molecule has 2 aromatic rings. The van der Waals surface area contributed by atoms with E-state index in [4.69, 9.17) is 17.3 Å². The number of halogens is 2. The molecular weight excluding hydrogens is 231 g/mol. The normalized spacial score (nSPS) is 10.1. The fourth-order valence-corrected chi connectivity index (χ4v) is 1.34. The van der Waals surface area contributed by atoms with Gasteiger partial charge in [0.05, 0.1) is 5.02 Å². The van der Waals surface area contributed by atoms with Gasteiger partial charge in [0.25, 0.3) is 0 Å². The molecule has 0 bridgehead atoms. The Labute approximate surface area is 96.3 Å². The van der Waals surface area contributed by atoms with E-state index in [9.17, 15) is 4.39 Å². The lowest BCUT2D eigenvalue weighted by atomic mass is 10.3. The minimum absolute atomic E-state index is 0.0482. The molecule has 0 spiro atoms. The summed E-state index contributed by atoms with van der Waals surface area (Å²) in [5.41, 5.74) is 6.12. The Hall–Kier alpha value is -1.88. The first kappa shape index (κ1) is 10.6. The Morgan fingerprint density at radius 3 is 2.75 bits per heavy atom. The van der Waals surface area contributed by atoms with E-state index in [0.717, 1.165) is 0 Å². The number of hydrogen-bond acceptors (Lipinski definition) is 4. The van der Waals surface area contributed by atoms with Gasteiger partial charge in [-0.05, 0) is 18.2 Å². The molecule has 3 N–H and O–H groups in total. The number of rotatable bonds is 2. The van der Waals surface area contributed by atoms with Gasteiger partial charge in [0.1, 0.15) is 23.8 Å². The molecule has 1 heterocycles. The Kier molecular flexibility index (Phi) is 2.87. The molecule has 0 radical (unpaired) electrons. The highest BCUT2D eigenvalue weighted by atomic mass is 35.5. The average molecular weight is 239 g/mol. The van der Waals surface area contributed by atoms with Gasteiger partial charge in [-0.3, -0.25) is 0 Å². The molecule has 0 saturated carbocycles. The second-order valence-electron chi connectivity index (χ2n) is 3.08. The summed E-state index contributed by atoms with van der Waals surface area (Å²) in [4.78, 5) is 7.70. The molecule has 16 heavy (non-hydrogen) atoms. The largest absolute Gasteiger partial charge is 0.384 e. The molecule has 1 aromatic heterocycles. The number of nitrogen functional groups attached to an aromatic ring is 1. The van der Waals surface area contributed by atoms with Gasteiger partial charge in [-0.1, -0.05) is 11.6 Å². The number of aromatic nitrogens is 2. The highest BCUT2D eigenvalue weighted by Gasteiger charge is 2.02. The lowest BCUT2D eigenvalue weighted by Crippen LogP contribution is -1.97. The summed E-state index contributed by atoms with van der Waals surface area (Å²) < 4.78 is 12.9. The monoisotopic (exact) mass is 238 g/mol. The first-order chi connectivity index (χ1) is 7.65. The molecule has 0 aliphatic carbocycles. The zero-order chi connectivity index (χ0) is 11.5. The molecule has 2 rings (SSSR count). The minimum atomic E-state index is -0.464. The predicted molar refractivity (Wildman–Crippen MR) is 61.1 cm³/mol. The fourth-order valence-electron chi connectivity index (χ4n) is 1.16. The third kappa shape index (κ3) is 2.38. The van der Waals surface area contributed by atoms with Gasteiger partial charge in [-0.2, -0.15) is 0 Å². The SMILES string of the molecule is Nc1cc(Nc2ccc(F)c(Cl)c2)ncn1. The molecule has 0 aliphatic rings. The molecule has 0 fully saturated rings. The van der Waals surface area contributed by atoms with Crippen molar-refractivity contribution in [3.8, 4) is 0 Å². The van der Waals surface area contributed by atoms with Crippen LogP contribution in [0.4, 0.5) is 21.7 Å².